The van der Waals surface area contributed by atoms with Crippen LogP contribution in [0.2, 0.25) is 0 Å². The molecule has 0 aliphatic heterocycles. The predicted octanol–water partition coefficient (Wildman–Crippen LogP) is 4.59. The molecule has 0 saturated heterocycles. The molecule has 1 aromatic rings. The van der Waals surface area contributed by atoms with Gasteiger partial charge in [0.2, 0.25) is 0 Å². The molecule has 1 aromatic heterocycles. The molecule has 21 heavy (non-hydrogen) atoms. The summed E-state index contributed by atoms with van der Waals surface area (Å²) in [5, 5.41) is 14.3. The zero-order valence-electron chi connectivity index (χ0n) is 14.4. The standard InChI is InChI=1S/C18H29N3/c1-7-16-12(2)20-21(13(16)3)17-10-15(18(4,5)6)9-8-14(17)11-19/h14-15,17H,7-10H2,1-6H3. The van der Waals surface area contributed by atoms with E-state index in [4.69, 9.17) is 5.10 Å². The van der Waals surface area contributed by atoms with Crippen molar-refractivity contribution in [2.45, 2.75) is 73.3 Å². The van der Waals surface area contributed by atoms with Gasteiger partial charge in [0.25, 0.3) is 0 Å². The van der Waals surface area contributed by atoms with Crippen molar-refractivity contribution in [1.29, 1.82) is 5.26 Å². The number of hydrogen-bond donors (Lipinski definition) is 0. The molecule has 3 unspecified atom stereocenters. The Labute approximate surface area is 129 Å². The Hall–Kier alpha value is -1.30. The summed E-state index contributed by atoms with van der Waals surface area (Å²) in [6, 6.07) is 2.78. The van der Waals surface area contributed by atoms with E-state index in [2.05, 4.69) is 52.3 Å². The lowest BCUT2D eigenvalue weighted by atomic mass is 9.68. The van der Waals surface area contributed by atoms with Crippen molar-refractivity contribution in [2.75, 3.05) is 0 Å². The minimum Gasteiger partial charge on any atom is -0.265 e. The molecule has 0 N–H and O–H groups in total. The van der Waals surface area contributed by atoms with E-state index in [0.29, 0.717) is 11.3 Å². The van der Waals surface area contributed by atoms with Gasteiger partial charge in [0.15, 0.2) is 0 Å². The van der Waals surface area contributed by atoms with Crippen molar-refractivity contribution in [2.24, 2.45) is 17.3 Å². The second-order valence-corrected chi connectivity index (χ2v) is 7.63. The number of hydrogen-bond acceptors (Lipinski definition) is 2. The highest BCUT2D eigenvalue weighted by molar-refractivity contribution is 5.25. The highest BCUT2D eigenvalue weighted by Gasteiger charge is 2.38. The third kappa shape index (κ3) is 3.00. The van der Waals surface area contributed by atoms with Crippen molar-refractivity contribution in [1.82, 2.24) is 9.78 Å². The Morgan fingerprint density at radius 1 is 1.29 bits per heavy atom. The fourth-order valence-electron chi connectivity index (χ4n) is 3.89. The van der Waals surface area contributed by atoms with Crippen LogP contribution in [0.25, 0.3) is 0 Å². The average molecular weight is 287 g/mol. The summed E-state index contributed by atoms with van der Waals surface area (Å²) in [5.74, 6) is 0.771. The second-order valence-electron chi connectivity index (χ2n) is 7.63. The fourth-order valence-corrected chi connectivity index (χ4v) is 3.89. The molecular formula is C18H29N3. The Morgan fingerprint density at radius 3 is 2.43 bits per heavy atom. The topological polar surface area (TPSA) is 41.6 Å². The summed E-state index contributed by atoms with van der Waals surface area (Å²) in [5.41, 5.74) is 4.05. The summed E-state index contributed by atoms with van der Waals surface area (Å²) in [7, 11) is 0. The van der Waals surface area contributed by atoms with Gasteiger partial charge < -0.3 is 0 Å². The first-order valence-electron chi connectivity index (χ1n) is 8.23. The highest BCUT2D eigenvalue weighted by atomic mass is 15.3. The number of nitrogens with zero attached hydrogens (tertiary/aromatic N) is 3. The van der Waals surface area contributed by atoms with Gasteiger partial charge in [0, 0.05) is 5.69 Å². The van der Waals surface area contributed by atoms with Crippen molar-refractivity contribution in [3.63, 3.8) is 0 Å². The molecule has 1 fully saturated rings. The molecule has 0 amide bonds. The molecule has 0 aromatic carbocycles. The van der Waals surface area contributed by atoms with E-state index in [1.165, 1.54) is 11.3 Å². The Kier molecular flexibility index (Phi) is 4.46. The maximum absolute atomic E-state index is 9.54. The zero-order valence-corrected chi connectivity index (χ0v) is 14.4. The maximum Gasteiger partial charge on any atom is 0.0688 e. The van der Waals surface area contributed by atoms with Gasteiger partial charge in [0.1, 0.15) is 0 Å². The van der Waals surface area contributed by atoms with Crippen molar-refractivity contribution in [3.8, 4) is 6.07 Å². The normalized spacial score (nSPS) is 26.6. The molecule has 0 bridgehead atoms. The SMILES string of the molecule is CCc1c(C)nn(C2CC(C(C)(C)C)CCC2C#N)c1C. The monoisotopic (exact) mass is 287 g/mol. The first kappa shape index (κ1) is 16.1. The third-order valence-corrected chi connectivity index (χ3v) is 5.35. The van der Waals surface area contributed by atoms with Gasteiger partial charge >= 0.3 is 0 Å². The number of aromatic nitrogens is 2. The lowest BCUT2D eigenvalue weighted by Crippen LogP contribution is -2.33. The second kappa shape index (κ2) is 5.83. The molecule has 3 heteroatoms. The Morgan fingerprint density at radius 2 is 1.95 bits per heavy atom. The van der Waals surface area contributed by atoms with Gasteiger partial charge in [-0.1, -0.05) is 27.7 Å². The van der Waals surface area contributed by atoms with Crippen molar-refractivity contribution >= 4 is 0 Å². The van der Waals surface area contributed by atoms with Crippen LogP contribution >= 0.6 is 0 Å². The van der Waals surface area contributed by atoms with Crippen LogP contribution in [0, 0.1) is 42.4 Å². The van der Waals surface area contributed by atoms with Gasteiger partial charge in [-0.25, -0.2) is 0 Å². The van der Waals surface area contributed by atoms with Crippen LogP contribution in [0.4, 0.5) is 0 Å². The molecule has 1 heterocycles. The molecule has 3 nitrogen and oxygen atoms in total. The van der Waals surface area contributed by atoms with E-state index in [-0.39, 0.29) is 12.0 Å². The molecule has 0 spiro atoms. The molecular weight excluding hydrogens is 258 g/mol. The van der Waals surface area contributed by atoms with Crippen LogP contribution < -0.4 is 0 Å². The first-order chi connectivity index (χ1) is 9.79. The smallest absolute Gasteiger partial charge is 0.0688 e. The van der Waals surface area contributed by atoms with E-state index in [1.807, 2.05) is 0 Å². The highest BCUT2D eigenvalue weighted by Crippen LogP contribution is 2.45. The number of aryl methyl sites for hydroxylation is 1. The zero-order chi connectivity index (χ0) is 15.8. The molecule has 1 aliphatic carbocycles. The predicted molar refractivity (Wildman–Crippen MR) is 86.0 cm³/mol. The lowest BCUT2D eigenvalue weighted by Gasteiger charge is -2.40. The summed E-state index contributed by atoms with van der Waals surface area (Å²) in [6.45, 7) is 13.4. The summed E-state index contributed by atoms with van der Waals surface area (Å²) >= 11 is 0. The molecule has 0 radical (unpaired) electrons. The Bertz CT molecular complexity index is 542. The molecule has 1 saturated carbocycles. The van der Waals surface area contributed by atoms with E-state index < -0.39 is 0 Å². The third-order valence-electron chi connectivity index (χ3n) is 5.35. The van der Waals surface area contributed by atoms with E-state index in [1.54, 1.807) is 0 Å². The summed E-state index contributed by atoms with van der Waals surface area (Å²) < 4.78 is 2.17. The van der Waals surface area contributed by atoms with E-state index in [9.17, 15) is 5.26 Å². The van der Waals surface area contributed by atoms with Crippen LogP contribution in [0.5, 0.6) is 0 Å². The molecule has 2 rings (SSSR count). The maximum atomic E-state index is 9.54. The minimum atomic E-state index is 0.103. The quantitative estimate of drug-likeness (QED) is 0.798. The van der Waals surface area contributed by atoms with Gasteiger partial charge in [-0.3, -0.25) is 4.68 Å². The van der Waals surface area contributed by atoms with Gasteiger partial charge in [-0.15, -0.1) is 0 Å². The van der Waals surface area contributed by atoms with Crippen LogP contribution in [-0.4, -0.2) is 9.78 Å². The summed E-state index contributed by atoms with van der Waals surface area (Å²) in [6.07, 6.45) is 4.26. The van der Waals surface area contributed by atoms with Crippen LogP contribution in [0.1, 0.15) is 70.0 Å². The van der Waals surface area contributed by atoms with E-state index >= 15 is 0 Å². The average Bonchev–Trinajstić information content (AvgIpc) is 2.71. The largest absolute Gasteiger partial charge is 0.265 e. The number of rotatable bonds is 2. The number of nitriles is 1. The Balaban J connectivity index is 2.36. The van der Waals surface area contributed by atoms with Crippen LogP contribution in [0.15, 0.2) is 0 Å². The molecule has 3 atom stereocenters. The van der Waals surface area contributed by atoms with Crippen molar-refractivity contribution < 1.29 is 0 Å². The fraction of sp³-hybridized carbons (Fsp3) is 0.778. The van der Waals surface area contributed by atoms with Crippen LogP contribution in [0.3, 0.4) is 0 Å². The molecule has 1 aliphatic rings. The van der Waals surface area contributed by atoms with Gasteiger partial charge in [-0.05, 0) is 56.4 Å². The van der Waals surface area contributed by atoms with Gasteiger partial charge in [-0.2, -0.15) is 10.4 Å². The summed E-state index contributed by atoms with van der Waals surface area (Å²) in [4.78, 5) is 0. The molecule has 116 valence electrons. The minimum absolute atomic E-state index is 0.103. The lowest BCUT2D eigenvalue weighted by molar-refractivity contribution is 0.115. The van der Waals surface area contributed by atoms with E-state index in [0.717, 1.165) is 31.4 Å². The van der Waals surface area contributed by atoms with Crippen molar-refractivity contribution in [3.05, 3.63) is 17.0 Å². The first-order valence-corrected chi connectivity index (χ1v) is 8.23. The van der Waals surface area contributed by atoms with Crippen LogP contribution in [-0.2, 0) is 6.42 Å². The van der Waals surface area contributed by atoms with Gasteiger partial charge in [0.05, 0.1) is 23.7 Å².